The van der Waals surface area contributed by atoms with Crippen molar-refractivity contribution in [1.82, 2.24) is 5.32 Å². The Balaban J connectivity index is 2.70. The molecule has 2 nitrogen and oxygen atoms in total. The van der Waals surface area contributed by atoms with E-state index in [0.29, 0.717) is 6.04 Å². The van der Waals surface area contributed by atoms with Gasteiger partial charge in [-0.25, -0.2) is 0 Å². The van der Waals surface area contributed by atoms with Crippen LogP contribution in [0, 0.1) is 11.3 Å². The van der Waals surface area contributed by atoms with Gasteiger partial charge < -0.3 is 0 Å². The molecule has 0 aliphatic carbocycles. The van der Waals surface area contributed by atoms with Gasteiger partial charge in [-0.15, -0.1) is 11.3 Å². The van der Waals surface area contributed by atoms with Crippen LogP contribution in [0.15, 0.2) is 12.1 Å². The van der Waals surface area contributed by atoms with Gasteiger partial charge >= 0.3 is 0 Å². The van der Waals surface area contributed by atoms with Crippen molar-refractivity contribution in [3.05, 3.63) is 21.9 Å². The van der Waals surface area contributed by atoms with Crippen LogP contribution in [0.3, 0.4) is 0 Å². The second kappa shape index (κ2) is 5.89. The van der Waals surface area contributed by atoms with Crippen molar-refractivity contribution in [2.75, 3.05) is 0 Å². The van der Waals surface area contributed by atoms with E-state index in [0.717, 1.165) is 17.7 Å². The summed E-state index contributed by atoms with van der Waals surface area (Å²) < 4.78 is 0. The first kappa shape index (κ1) is 12.2. The summed E-state index contributed by atoms with van der Waals surface area (Å²) in [6, 6.07) is 6.74. The Hall–Kier alpha value is -0.850. The third-order valence-corrected chi connectivity index (χ3v) is 3.80. The molecule has 2 unspecified atom stereocenters. The van der Waals surface area contributed by atoms with Gasteiger partial charge in [-0.2, -0.15) is 5.26 Å². The van der Waals surface area contributed by atoms with Gasteiger partial charge in [0.05, 0.1) is 6.07 Å². The largest absolute Gasteiger partial charge is 0.295 e. The first-order chi connectivity index (χ1) is 7.21. The Kier molecular flexibility index (Phi) is 4.80. The molecular formula is C12H18N2S. The van der Waals surface area contributed by atoms with E-state index in [-0.39, 0.29) is 6.04 Å². The molecule has 0 spiro atoms. The molecule has 1 heterocycles. The Morgan fingerprint density at radius 2 is 2.20 bits per heavy atom. The second-order valence-corrected chi connectivity index (χ2v) is 4.90. The molecule has 0 radical (unpaired) electrons. The van der Waals surface area contributed by atoms with Crippen LogP contribution in [-0.2, 0) is 6.42 Å². The third kappa shape index (κ3) is 3.33. The smallest absolute Gasteiger partial charge is 0.130 e. The quantitative estimate of drug-likeness (QED) is 0.830. The maximum absolute atomic E-state index is 9.10. The van der Waals surface area contributed by atoms with E-state index >= 15 is 0 Å². The highest BCUT2D eigenvalue weighted by atomic mass is 32.1. The SMILES string of the molecule is CCc1ccc(C(C#N)NC(C)CC)s1. The fraction of sp³-hybridized carbons (Fsp3) is 0.583. The minimum Gasteiger partial charge on any atom is -0.295 e. The average Bonchev–Trinajstić information content (AvgIpc) is 2.73. The number of thiophene rings is 1. The van der Waals surface area contributed by atoms with Gasteiger partial charge in [-0.1, -0.05) is 13.8 Å². The molecule has 3 heteroatoms. The van der Waals surface area contributed by atoms with Gasteiger partial charge in [0.15, 0.2) is 0 Å². The number of nitrogens with one attached hydrogen (secondary N) is 1. The van der Waals surface area contributed by atoms with Crippen molar-refractivity contribution in [1.29, 1.82) is 5.26 Å². The molecule has 0 aromatic carbocycles. The van der Waals surface area contributed by atoms with E-state index in [1.165, 1.54) is 4.88 Å². The summed E-state index contributed by atoms with van der Waals surface area (Å²) in [6.45, 7) is 6.37. The van der Waals surface area contributed by atoms with Gasteiger partial charge in [0.25, 0.3) is 0 Å². The lowest BCUT2D eigenvalue weighted by Gasteiger charge is -2.15. The summed E-state index contributed by atoms with van der Waals surface area (Å²) in [5.74, 6) is 0. The lowest BCUT2D eigenvalue weighted by atomic mass is 10.2. The van der Waals surface area contributed by atoms with Crippen LogP contribution in [0.1, 0.15) is 43.0 Å². The zero-order chi connectivity index (χ0) is 11.3. The molecule has 15 heavy (non-hydrogen) atoms. The van der Waals surface area contributed by atoms with Crippen LogP contribution in [0.5, 0.6) is 0 Å². The molecule has 0 bridgehead atoms. The van der Waals surface area contributed by atoms with Crippen molar-refractivity contribution in [2.45, 2.75) is 45.7 Å². The standard InChI is InChI=1S/C12H18N2S/c1-4-9(3)14-11(8-13)12-7-6-10(5-2)15-12/h6-7,9,11,14H,4-5H2,1-3H3. The zero-order valence-electron chi connectivity index (χ0n) is 9.58. The molecule has 1 N–H and O–H groups in total. The van der Waals surface area contributed by atoms with Gasteiger partial charge in [0, 0.05) is 15.8 Å². The Labute approximate surface area is 95.9 Å². The minimum atomic E-state index is -0.148. The fourth-order valence-corrected chi connectivity index (χ4v) is 2.28. The molecule has 1 aromatic heterocycles. The normalized spacial score (nSPS) is 14.5. The Morgan fingerprint density at radius 3 is 2.67 bits per heavy atom. The van der Waals surface area contributed by atoms with Crippen molar-refractivity contribution in [2.24, 2.45) is 0 Å². The molecule has 0 aliphatic rings. The van der Waals surface area contributed by atoms with E-state index in [4.69, 9.17) is 5.26 Å². The lowest BCUT2D eigenvalue weighted by Crippen LogP contribution is -2.28. The van der Waals surface area contributed by atoms with Gasteiger partial charge in [-0.3, -0.25) is 5.32 Å². The number of nitriles is 1. The first-order valence-electron chi connectivity index (χ1n) is 5.45. The van der Waals surface area contributed by atoms with E-state index < -0.39 is 0 Å². The molecule has 0 amide bonds. The molecule has 0 saturated carbocycles. The number of nitrogens with zero attached hydrogens (tertiary/aromatic N) is 1. The zero-order valence-corrected chi connectivity index (χ0v) is 10.4. The van der Waals surface area contributed by atoms with Gasteiger partial charge in [-0.05, 0) is 31.9 Å². The highest BCUT2D eigenvalue weighted by Gasteiger charge is 2.14. The van der Waals surface area contributed by atoms with Gasteiger partial charge in [0.2, 0.25) is 0 Å². The number of aryl methyl sites for hydroxylation is 1. The molecule has 0 saturated heterocycles. The minimum absolute atomic E-state index is 0.148. The summed E-state index contributed by atoms with van der Waals surface area (Å²) in [7, 11) is 0. The predicted octanol–water partition coefficient (Wildman–Crippen LogP) is 3.26. The van der Waals surface area contributed by atoms with Gasteiger partial charge in [0.1, 0.15) is 6.04 Å². The van der Waals surface area contributed by atoms with Crippen molar-refractivity contribution < 1.29 is 0 Å². The van der Waals surface area contributed by atoms with E-state index in [1.807, 2.05) is 0 Å². The fourth-order valence-electron chi connectivity index (χ4n) is 1.33. The van der Waals surface area contributed by atoms with E-state index in [2.05, 4.69) is 44.3 Å². The van der Waals surface area contributed by atoms with Crippen molar-refractivity contribution >= 4 is 11.3 Å². The van der Waals surface area contributed by atoms with Crippen LogP contribution in [0.2, 0.25) is 0 Å². The topological polar surface area (TPSA) is 35.8 Å². The average molecular weight is 222 g/mol. The summed E-state index contributed by atoms with van der Waals surface area (Å²) in [4.78, 5) is 2.48. The molecule has 0 fully saturated rings. The monoisotopic (exact) mass is 222 g/mol. The number of rotatable bonds is 5. The lowest BCUT2D eigenvalue weighted by molar-refractivity contribution is 0.505. The molecular weight excluding hydrogens is 204 g/mol. The van der Waals surface area contributed by atoms with Crippen LogP contribution in [0.4, 0.5) is 0 Å². The maximum Gasteiger partial charge on any atom is 0.130 e. The maximum atomic E-state index is 9.10. The number of hydrogen-bond acceptors (Lipinski definition) is 3. The summed E-state index contributed by atoms with van der Waals surface area (Å²) >= 11 is 1.73. The highest BCUT2D eigenvalue weighted by Crippen LogP contribution is 2.23. The van der Waals surface area contributed by atoms with Crippen LogP contribution >= 0.6 is 11.3 Å². The Morgan fingerprint density at radius 1 is 1.47 bits per heavy atom. The summed E-state index contributed by atoms with van der Waals surface area (Å²) in [6.07, 6.45) is 2.09. The number of hydrogen-bond donors (Lipinski definition) is 1. The molecule has 1 aromatic rings. The van der Waals surface area contributed by atoms with Crippen LogP contribution < -0.4 is 5.32 Å². The van der Waals surface area contributed by atoms with Crippen molar-refractivity contribution in [3.8, 4) is 6.07 Å². The van der Waals surface area contributed by atoms with Crippen LogP contribution in [0.25, 0.3) is 0 Å². The summed E-state index contributed by atoms with van der Waals surface area (Å²) in [5, 5.41) is 12.4. The van der Waals surface area contributed by atoms with Crippen molar-refractivity contribution in [3.63, 3.8) is 0 Å². The first-order valence-corrected chi connectivity index (χ1v) is 6.27. The van der Waals surface area contributed by atoms with E-state index in [1.54, 1.807) is 11.3 Å². The molecule has 1 rings (SSSR count). The summed E-state index contributed by atoms with van der Waals surface area (Å²) in [5.41, 5.74) is 0. The predicted molar refractivity (Wildman–Crippen MR) is 64.9 cm³/mol. The van der Waals surface area contributed by atoms with E-state index in [9.17, 15) is 0 Å². The molecule has 2 atom stereocenters. The molecule has 0 aliphatic heterocycles. The highest BCUT2D eigenvalue weighted by molar-refractivity contribution is 7.12. The Bertz CT molecular complexity index is 338. The third-order valence-electron chi connectivity index (χ3n) is 2.51. The van der Waals surface area contributed by atoms with Crippen LogP contribution in [-0.4, -0.2) is 6.04 Å². The second-order valence-electron chi connectivity index (χ2n) is 3.70. The molecule has 82 valence electrons.